The zero-order chi connectivity index (χ0) is 15.0. The number of alkyl halides is 3. The zero-order valence-corrected chi connectivity index (χ0v) is 11.4. The van der Waals surface area contributed by atoms with Crippen LogP contribution >= 0.6 is 11.3 Å². The first-order valence-corrected chi connectivity index (χ1v) is 6.89. The Kier molecular flexibility index (Phi) is 3.21. The highest BCUT2D eigenvalue weighted by Crippen LogP contribution is 2.33. The number of nitrogens with zero attached hydrogens (tertiary/aromatic N) is 1. The van der Waals surface area contributed by atoms with E-state index in [0.717, 1.165) is 16.8 Å². The first-order chi connectivity index (χ1) is 9.95. The third kappa shape index (κ3) is 2.64. The van der Waals surface area contributed by atoms with Crippen LogP contribution < -0.4 is 11.1 Å². The van der Waals surface area contributed by atoms with Gasteiger partial charge in [0.1, 0.15) is 5.52 Å². The highest BCUT2D eigenvalue weighted by atomic mass is 32.1. The number of nitrogens with one attached hydrogen (secondary N) is 1. The molecule has 2 aromatic carbocycles. The quantitative estimate of drug-likeness (QED) is 0.678. The monoisotopic (exact) mass is 309 g/mol. The lowest BCUT2D eigenvalue weighted by Gasteiger charge is -2.11. The number of halogens is 3. The van der Waals surface area contributed by atoms with Crippen LogP contribution in [0.5, 0.6) is 0 Å². The number of rotatable bonds is 2. The van der Waals surface area contributed by atoms with Crippen molar-refractivity contribution in [1.82, 2.24) is 4.98 Å². The van der Waals surface area contributed by atoms with Crippen LogP contribution in [0.4, 0.5) is 30.2 Å². The van der Waals surface area contributed by atoms with Crippen molar-refractivity contribution < 1.29 is 13.2 Å². The van der Waals surface area contributed by atoms with E-state index in [1.807, 2.05) is 6.07 Å². The number of nitrogens with two attached hydrogens (primary N) is 1. The van der Waals surface area contributed by atoms with Crippen molar-refractivity contribution >= 4 is 38.6 Å². The first kappa shape index (κ1) is 13.7. The van der Waals surface area contributed by atoms with Gasteiger partial charge in [0.05, 0.1) is 27.1 Å². The van der Waals surface area contributed by atoms with E-state index in [0.29, 0.717) is 22.6 Å². The molecule has 0 aliphatic rings. The second-order valence-corrected chi connectivity index (χ2v) is 5.31. The van der Waals surface area contributed by atoms with Crippen molar-refractivity contribution in [1.29, 1.82) is 0 Å². The summed E-state index contributed by atoms with van der Waals surface area (Å²) in [6.45, 7) is 0. The number of aromatic nitrogens is 1. The van der Waals surface area contributed by atoms with Crippen LogP contribution in [0.2, 0.25) is 0 Å². The molecule has 0 atom stereocenters. The molecule has 0 saturated carbocycles. The lowest BCUT2D eigenvalue weighted by Crippen LogP contribution is -2.04. The van der Waals surface area contributed by atoms with Gasteiger partial charge in [-0.3, -0.25) is 0 Å². The van der Waals surface area contributed by atoms with E-state index in [1.54, 1.807) is 11.6 Å². The molecule has 3 rings (SSSR count). The lowest BCUT2D eigenvalue weighted by molar-refractivity contribution is -0.137. The minimum absolute atomic E-state index is 0.480. The molecule has 1 aromatic heterocycles. The largest absolute Gasteiger partial charge is 0.416 e. The van der Waals surface area contributed by atoms with Crippen molar-refractivity contribution in [2.75, 3.05) is 11.1 Å². The van der Waals surface area contributed by atoms with Crippen LogP contribution in [0.15, 0.2) is 41.9 Å². The van der Waals surface area contributed by atoms with Crippen LogP contribution in [0.3, 0.4) is 0 Å². The third-order valence-corrected chi connectivity index (χ3v) is 3.83. The third-order valence-electron chi connectivity index (χ3n) is 3.03. The Morgan fingerprint density at radius 3 is 2.43 bits per heavy atom. The smallest absolute Gasteiger partial charge is 0.395 e. The van der Waals surface area contributed by atoms with Crippen molar-refractivity contribution in [3.8, 4) is 0 Å². The number of thiazole rings is 1. The Bertz CT molecular complexity index is 778. The number of fused-ring (bicyclic) bond motifs is 1. The van der Waals surface area contributed by atoms with E-state index in [-0.39, 0.29) is 0 Å². The van der Waals surface area contributed by atoms with Gasteiger partial charge in [-0.15, -0.1) is 11.3 Å². The topological polar surface area (TPSA) is 50.9 Å². The summed E-state index contributed by atoms with van der Waals surface area (Å²) in [7, 11) is 0. The maximum Gasteiger partial charge on any atom is 0.416 e. The van der Waals surface area contributed by atoms with Gasteiger partial charge in [-0.2, -0.15) is 13.2 Å². The van der Waals surface area contributed by atoms with Crippen molar-refractivity contribution in [2.24, 2.45) is 0 Å². The Balaban J connectivity index is 1.90. The van der Waals surface area contributed by atoms with Gasteiger partial charge in [0.2, 0.25) is 0 Å². The predicted molar refractivity (Wildman–Crippen MR) is 78.8 cm³/mol. The maximum atomic E-state index is 12.5. The van der Waals surface area contributed by atoms with Crippen LogP contribution in [0.1, 0.15) is 5.56 Å². The van der Waals surface area contributed by atoms with Crippen LogP contribution in [0, 0.1) is 0 Å². The molecule has 0 spiro atoms. The molecule has 1 heterocycles. The predicted octanol–water partition coefficient (Wildman–Crippen LogP) is 4.64. The summed E-state index contributed by atoms with van der Waals surface area (Å²) < 4.78 is 38.5. The lowest BCUT2D eigenvalue weighted by atomic mass is 10.2. The fourth-order valence-electron chi connectivity index (χ4n) is 1.96. The molecular formula is C14H10F3N3S. The summed E-state index contributed by atoms with van der Waals surface area (Å²) in [6, 6.07) is 8.45. The van der Waals surface area contributed by atoms with E-state index >= 15 is 0 Å². The van der Waals surface area contributed by atoms with Gasteiger partial charge < -0.3 is 11.1 Å². The molecule has 0 amide bonds. The summed E-state index contributed by atoms with van der Waals surface area (Å²) in [5.74, 6) is 0. The van der Waals surface area contributed by atoms with Gasteiger partial charge in [-0.05, 0) is 36.4 Å². The Labute approximate surface area is 122 Å². The first-order valence-electron chi connectivity index (χ1n) is 6.01. The van der Waals surface area contributed by atoms with E-state index in [1.165, 1.54) is 23.5 Å². The van der Waals surface area contributed by atoms with Gasteiger partial charge in [-0.1, -0.05) is 0 Å². The minimum Gasteiger partial charge on any atom is -0.395 e. The van der Waals surface area contributed by atoms with Gasteiger partial charge >= 0.3 is 6.18 Å². The van der Waals surface area contributed by atoms with E-state index in [4.69, 9.17) is 5.73 Å². The summed E-state index contributed by atoms with van der Waals surface area (Å²) in [6.07, 6.45) is -4.34. The number of hydrogen-bond donors (Lipinski definition) is 2. The van der Waals surface area contributed by atoms with E-state index in [2.05, 4.69) is 10.3 Å². The standard InChI is InChI=1S/C14H10F3N3S/c15-14(16,17)8-1-3-9(4-2-8)20-10-5-6-11-13(12(10)18)19-7-21-11/h1-7,20H,18H2. The SMILES string of the molecule is Nc1c(Nc2ccc(C(F)(F)F)cc2)ccc2scnc12. The molecular weight excluding hydrogens is 299 g/mol. The number of anilines is 3. The molecule has 0 fully saturated rings. The highest BCUT2D eigenvalue weighted by molar-refractivity contribution is 7.16. The summed E-state index contributed by atoms with van der Waals surface area (Å²) in [5, 5.41) is 3.01. The molecule has 3 nitrogen and oxygen atoms in total. The molecule has 3 aromatic rings. The van der Waals surface area contributed by atoms with Crippen LogP contribution in [-0.4, -0.2) is 4.98 Å². The number of nitrogen functional groups attached to an aromatic ring is 1. The zero-order valence-electron chi connectivity index (χ0n) is 10.6. The fourth-order valence-corrected chi connectivity index (χ4v) is 2.65. The maximum absolute atomic E-state index is 12.5. The van der Waals surface area contributed by atoms with E-state index < -0.39 is 11.7 Å². The fraction of sp³-hybridized carbons (Fsp3) is 0.0714. The summed E-state index contributed by atoms with van der Waals surface area (Å²) in [4.78, 5) is 4.17. The van der Waals surface area contributed by atoms with Crippen LogP contribution in [-0.2, 0) is 6.18 Å². The average molecular weight is 309 g/mol. The van der Waals surface area contributed by atoms with Gasteiger partial charge in [0, 0.05) is 5.69 Å². The molecule has 3 N–H and O–H groups in total. The molecule has 21 heavy (non-hydrogen) atoms. The molecule has 7 heteroatoms. The van der Waals surface area contributed by atoms with Gasteiger partial charge in [0.15, 0.2) is 0 Å². The van der Waals surface area contributed by atoms with Crippen molar-refractivity contribution in [3.63, 3.8) is 0 Å². The van der Waals surface area contributed by atoms with Crippen LogP contribution in [0.25, 0.3) is 10.2 Å². The molecule has 0 unspecified atom stereocenters. The molecule has 108 valence electrons. The summed E-state index contributed by atoms with van der Waals surface area (Å²) >= 11 is 1.48. The van der Waals surface area contributed by atoms with Crippen molar-refractivity contribution in [3.05, 3.63) is 47.5 Å². The van der Waals surface area contributed by atoms with Gasteiger partial charge in [-0.25, -0.2) is 4.98 Å². The molecule has 0 aliphatic carbocycles. The normalized spacial score (nSPS) is 11.8. The average Bonchev–Trinajstić information content (AvgIpc) is 2.91. The highest BCUT2D eigenvalue weighted by Gasteiger charge is 2.29. The Hall–Kier alpha value is -2.28. The number of benzene rings is 2. The summed E-state index contributed by atoms with van der Waals surface area (Å²) in [5.41, 5.74) is 9.35. The van der Waals surface area contributed by atoms with Crippen molar-refractivity contribution in [2.45, 2.75) is 6.18 Å². The molecule has 0 bridgehead atoms. The molecule has 0 saturated heterocycles. The Morgan fingerprint density at radius 2 is 1.76 bits per heavy atom. The minimum atomic E-state index is -4.34. The second kappa shape index (κ2) is 4.92. The van der Waals surface area contributed by atoms with E-state index in [9.17, 15) is 13.2 Å². The second-order valence-electron chi connectivity index (χ2n) is 4.43. The molecule has 0 radical (unpaired) electrons. The molecule has 0 aliphatic heterocycles. The van der Waals surface area contributed by atoms with Gasteiger partial charge in [0.25, 0.3) is 0 Å². The Morgan fingerprint density at radius 1 is 1.05 bits per heavy atom. The number of hydrogen-bond acceptors (Lipinski definition) is 4.